The van der Waals surface area contributed by atoms with Crippen molar-refractivity contribution in [3.8, 4) is 16.5 Å². The van der Waals surface area contributed by atoms with E-state index in [1.165, 1.54) is 15.8 Å². The molecule has 0 fully saturated rings. The highest BCUT2D eigenvalue weighted by atomic mass is 32.1. The number of nitrogens with zero attached hydrogens (tertiary/aromatic N) is 2. The largest absolute Gasteiger partial charge is 0.481 e. The third-order valence-corrected chi connectivity index (χ3v) is 4.61. The Kier molecular flexibility index (Phi) is 4.20. The van der Waals surface area contributed by atoms with Crippen LogP contribution in [0, 0.1) is 0 Å². The molecule has 0 aliphatic rings. The Bertz CT molecular complexity index is 806. The van der Waals surface area contributed by atoms with E-state index in [0.717, 1.165) is 28.9 Å². The van der Waals surface area contributed by atoms with Gasteiger partial charge in [-0.3, -0.25) is 0 Å². The van der Waals surface area contributed by atoms with E-state index in [1.54, 1.807) is 24.6 Å². The summed E-state index contributed by atoms with van der Waals surface area (Å²) < 4.78 is 6.27. The fourth-order valence-electron chi connectivity index (χ4n) is 2.34. The number of allylic oxidation sites excluding steroid dienone is 1. The van der Waals surface area contributed by atoms with Crippen LogP contribution in [0.3, 0.4) is 0 Å². The third kappa shape index (κ3) is 2.88. The molecule has 22 heavy (non-hydrogen) atoms. The molecule has 0 atom stereocenters. The van der Waals surface area contributed by atoms with Gasteiger partial charge < -0.3 is 4.74 Å². The molecule has 0 saturated heterocycles. The summed E-state index contributed by atoms with van der Waals surface area (Å²) in [4.78, 5) is 8.94. The predicted octanol–water partition coefficient (Wildman–Crippen LogP) is 5.18. The summed E-state index contributed by atoms with van der Waals surface area (Å²) >= 11 is 1.68. The number of ether oxygens (including phenoxy) is 1. The zero-order valence-corrected chi connectivity index (χ0v) is 13.6. The van der Waals surface area contributed by atoms with Crippen LogP contribution in [-0.4, -0.2) is 17.1 Å². The van der Waals surface area contributed by atoms with Gasteiger partial charge in [-0.2, -0.15) is 0 Å². The van der Waals surface area contributed by atoms with Crippen molar-refractivity contribution in [1.29, 1.82) is 0 Å². The number of thiazole rings is 1. The molecule has 3 aromatic rings. The van der Waals surface area contributed by atoms with Crippen LogP contribution < -0.4 is 4.74 Å². The first-order valence-corrected chi connectivity index (χ1v) is 8.12. The van der Waals surface area contributed by atoms with Crippen LogP contribution in [0.1, 0.15) is 25.3 Å². The summed E-state index contributed by atoms with van der Waals surface area (Å²) in [6, 6.07) is 10.2. The highest BCUT2D eigenvalue weighted by Crippen LogP contribution is 2.32. The van der Waals surface area contributed by atoms with Gasteiger partial charge in [0.05, 0.1) is 17.3 Å². The van der Waals surface area contributed by atoms with Gasteiger partial charge in [-0.05, 0) is 35.8 Å². The Morgan fingerprint density at radius 3 is 2.82 bits per heavy atom. The van der Waals surface area contributed by atoms with Crippen LogP contribution >= 0.6 is 11.3 Å². The van der Waals surface area contributed by atoms with E-state index in [1.807, 2.05) is 12.1 Å². The minimum absolute atomic E-state index is 0.614. The number of rotatable bonds is 5. The molecule has 0 bridgehead atoms. The first kappa shape index (κ1) is 14.7. The summed E-state index contributed by atoms with van der Waals surface area (Å²) in [7, 11) is 1.62. The second-order valence-electron chi connectivity index (χ2n) is 5.14. The number of methoxy groups -OCH3 is 1. The van der Waals surface area contributed by atoms with Gasteiger partial charge in [-0.25, -0.2) is 9.97 Å². The molecule has 2 heterocycles. The molecule has 0 N–H and O–H groups in total. The molecular weight excluding hydrogens is 292 g/mol. The quantitative estimate of drug-likeness (QED) is 0.651. The van der Waals surface area contributed by atoms with Crippen molar-refractivity contribution in [2.75, 3.05) is 7.11 Å². The fraction of sp³-hybridized carbons (Fsp3) is 0.222. The second-order valence-corrected chi connectivity index (χ2v) is 6.17. The number of fused-ring (bicyclic) bond motifs is 1. The second kappa shape index (κ2) is 6.28. The smallest absolute Gasteiger partial charge is 0.212 e. The summed E-state index contributed by atoms with van der Waals surface area (Å²) in [5, 5.41) is 0.975. The Labute approximate surface area is 134 Å². The molecular formula is C18H18N2OS. The average Bonchev–Trinajstić information content (AvgIpc) is 2.98. The molecule has 4 heteroatoms. The van der Waals surface area contributed by atoms with E-state index < -0.39 is 0 Å². The van der Waals surface area contributed by atoms with Crippen LogP contribution in [0.25, 0.3) is 26.4 Å². The lowest BCUT2D eigenvalue weighted by Crippen LogP contribution is -1.86. The lowest BCUT2D eigenvalue weighted by atomic mass is 10.0. The van der Waals surface area contributed by atoms with Gasteiger partial charge in [0.25, 0.3) is 0 Å². The van der Waals surface area contributed by atoms with Crippen molar-refractivity contribution in [3.05, 3.63) is 48.7 Å². The first-order valence-electron chi connectivity index (χ1n) is 7.30. The van der Waals surface area contributed by atoms with Crippen molar-refractivity contribution in [2.24, 2.45) is 0 Å². The van der Waals surface area contributed by atoms with Crippen molar-refractivity contribution in [1.82, 2.24) is 9.97 Å². The predicted molar refractivity (Wildman–Crippen MR) is 93.3 cm³/mol. The molecule has 0 spiro atoms. The number of hydrogen-bond donors (Lipinski definition) is 0. The zero-order chi connectivity index (χ0) is 15.5. The van der Waals surface area contributed by atoms with Crippen molar-refractivity contribution < 1.29 is 4.74 Å². The van der Waals surface area contributed by atoms with Gasteiger partial charge in [0.15, 0.2) is 0 Å². The molecule has 1 aromatic carbocycles. The number of benzene rings is 1. The van der Waals surface area contributed by atoms with Gasteiger partial charge in [0.1, 0.15) is 5.01 Å². The number of aromatic nitrogens is 2. The lowest BCUT2D eigenvalue weighted by molar-refractivity contribution is 0.398. The number of hydrogen-bond acceptors (Lipinski definition) is 4. The van der Waals surface area contributed by atoms with E-state index in [0.29, 0.717) is 5.88 Å². The Morgan fingerprint density at radius 1 is 1.27 bits per heavy atom. The summed E-state index contributed by atoms with van der Waals surface area (Å²) in [5.74, 6) is 0.614. The normalized spacial score (nSPS) is 10.8. The molecule has 3 nitrogen and oxygen atoms in total. The molecule has 3 rings (SSSR count). The number of pyridine rings is 1. The van der Waals surface area contributed by atoms with E-state index in [9.17, 15) is 0 Å². The average molecular weight is 310 g/mol. The third-order valence-electron chi connectivity index (χ3n) is 3.54. The Morgan fingerprint density at radius 2 is 2.14 bits per heavy atom. The van der Waals surface area contributed by atoms with Gasteiger partial charge in [-0.15, -0.1) is 11.3 Å². The van der Waals surface area contributed by atoms with E-state index in [2.05, 4.69) is 36.7 Å². The van der Waals surface area contributed by atoms with Crippen molar-refractivity contribution >= 4 is 27.1 Å². The zero-order valence-electron chi connectivity index (χ0n) is 12.8. The lowest BCUT2D eigenvalue weighted by Gasteiger charge is -2.03. The minimum Gasteiger partial charge on any atom is -0.481 e. The van der Waals surface area contributed by atoms with Gasteiger partial charge in [-0.1, -0.05) is 26.0 Å². The first-order chi connectivity index (χ1) is 10.7. The molecule has 0 aliphatic carbocycles. The van der Waals surface area contributed by atoms with Crippen LogP contribution in [0.4, 0.5) is 0 Å². The van der Waals surface area contributed by atoms with Crippen molar-refractivity contribution in [2.45, 2.75) is 19.8 Å². The van der Waals surface area contributed by atoms with Gasteiger partial charge in [0.2, 0.25) is 5.88 Å². The summed E-state index contributed by atoms with van der Waals surface area (Å²) in [5.41, 5.74) is 4.42. The molecule has 0 radical (unpaired) electrons. The van der Waals surface area contributed by atoms with Crippen molar-refractivity contribution in [3.63, 3.8) is 0 Å². The van der Waals surface area contributed by atoms with E-state index in [-0.39, 0.29) is 0 Å². The molecule has 2 aromatic heterocycles. The molecule has 0 saturated carbocycles. The fourth-order valence-corrected chi connectivity index (χ4v) is 3.34. The Hall–Kier alpha value is -2.20. The van der Waals surface area contributed by atoms with Crippen LogP contribution in [-0.2, 0) is 0 Å². The molecule has 0 amide bonds. The summed E-state index contributed by atoms with van der Waals surface area (Å²) in [6.45, 7) is 6.34. The highest BCUT2D eigenvalue weighted by molar-refractivity contribution is 7.21. The minimum atomic E-state index is 0.614. The Balaban J connectivity index is 1.96. The topological polar surface area (TPSA) is 35.0 Å². The van der Waals surface area contributed by atoms with Crippen LogP contribution in [0.2, 0.25) is 0 Å². The van der Waals surface area contributed by atoms with Gasteiger partial charge in [0, 0.05) is 17.8 Å². The van der Waals surface area contributed by atoms with Crippen LogP contribution in [0.5, 0.6) is 5.88 Å². The van der Waals surface area contributed by atoms with E-state index in [4.69, 9.17) is 9.72 Å². The summed E-state index contributed by atoms with van der Waals surface area (Å²) in [6.07, 6.45) is 3.94. The van der Waals surface area contributed by atoms with Crippen LogP contribution in [0.15, 0.2) is 43.1 Å². The molecule has 0 aliphatic heterocycles. The standard InChI is InChI=1S/C18H18N2OS/c1-4-5-12(2)13-6-8-15-16(10-13)22-18(20-15)14-7-9-17(21-3)19-11-14/h6-11H,2,4-5H2,1,3H3. The van der Waals surface area contributed by atoms with Gasteiger partial charge >= 0.3 is 0 Å². The van der Waals surface area contributed by atoms with E-state index >= 15 is 0 Å². The highest BCUT2D eigenvalue weighted by Gasteiger charge is 2.08. The maximum atomic E-state index is 5.09. The molecule has 112 valence electrons. The maximum Gasteiger partial charge on any atom is 0.212 e. The SMILES string of the molecule is C=C(CCC)c1ccc2nc(-c3ccc(OC)nc3)sc2c1. The maximum absolute atomic E-state index is 5.09. The monoisotopic (exact) mass is 310 g/mol. The molecule has 0 unspecified atom stereocenters.